The molecule has 3 heteroatoms. The lowest BCUT2D eigenvalue weighted by molar-refractivity contribution is -0.121. The third-order valence-corrected chi connectivity index (χ3v) is 4.81. The highest BCUT2D eigenvalue weighted by atomic mass is 16.1. The van der Waals surface area contributed by atoms with E-state index in [1.165, 1.54) is 11.1 Å². The molecule has 1 heterocycles. The van der Waals surface area contributed by atoms with Gasteiger partial charge in [0.25, 0.3) is 0 Å². The Labute approximate surface area is 134 Å². The summed E-state index contributed by atoms with van der Waals surface area (Å²) in [6, 6.07) is 8.65. The van der Waals surface area contributed by atoms with Crippen LogP contribution in [0, 0.1) is 5.41 Å². The molecule has 0 radical (unpaired) electrons. The van der Waals surface area contributed by atoms with Crippen LogP contribution in [0.3, 0.4) is 0 Å². The minimum atomic E-state index is 0.174. The largest absolute Gasteiger partial charge is 0.356 e. The lowest BCUT2D eigenvalue weighted by Crippen LogP contribution is -2.42. The van der Waals surface area contributed by atoms with Crippen molar-refractivity contribution < 1.29 is 4.79 Å². The van der Waals surface area contributed by atoms with Crippen molar-refractivity contribution in [2.24, 2.45) is 5.41 Å². The molecule has 3 nitrogen and oxygen atoms in total. The third kappa shape index (κ3) is 5.13. The minimum absolute atomic E-state index is 0.174. The number of carbonyl (C=O) groups excluding carboxylic acids is 1. The number of amides is 1. The van der Waals surface area contributed by atoms with E-state index in [9.17, 15) is 4.79 Å². The van der Waals surface area contributed by atoms with Gasteiger partial charge in [-0.2, -0.15) is 0 Å². The highest BCUT2D eigenvalue weighted by Crippen LogP contribution is 2.26. The molecule has 1 amide bonds. The van der Waals surface area contributed by atoms with E-state index in [4.69, 9.17) is 0 Å². The number of aryl methyl sites for hydroxylation is 1. The van der Waals surface area contributed by atoms with E-state index in [0.29, 0.717) is 12.3 Å². The normalized spacial score (nSPS) is 17.5. The zero-order valence-corrected chi connectivity index (χ0v) is 14.2. The van der Waals surface area contributed by atoms with Crippen molar-refractivity contribution in [2.75, 3.05) is 19.6 Å². The molecule has 1 aromatic rings. The number of carbonyl (C=O) groups is 1. The van der Waals surface area contributed by atoms with Crippen LogP contribution in [0.4, 0.5) is 0 Å². The Morgan fingerprint density at radius 3 is 2.45 bits per heavy atom. The maximum Gasteiger partial charge on any atom is 0.220 e. The molecule has 0 aromatic heterocycles. The van der Waals surface area contributed by atoms with Crippen LogP contribution in [0.1, 0.15) is 57.1 Å². The summed E-state index contributed by atoms with van der Waals surface area (Å²) in [6.45, 7) is 9.61. The summed E-state index contributed by atoms with van der Waals surface area (Å²) < 4.78 is 0. The molecular formula is C19H30N2O. The van der Waals surface area contributed by atoms with Gasteiger partial charge in [-0.25, -0.2) is 0 Å². The van der Waals surface area contributed by atoms with Gasteiger partial charge in [0, 0.05) is 13.0 Å². The zero-order valence-electron chi connectivity index (χ0n) is 14.2. The van der Waals surface area contributed by atoms with Gasteiger partial charge >= 0.3 is 0 Å². The van der Waals surface area contributed by atoms with Crippen molar-refractivity contribution in [3.63, 3.8) is 0 Å². The van der Waals surface area contributed by atoms with Crippen molar-refractivity contribution in [1.29, 1.82) is 0 Å². The number of rotatable bonds is 6. The van der Waals surface area contributed by atoms with Gasteiger partial charge in [-0.1, -0.05) is 45.0 Å². The van der Waals surface area contributed by atoms with Crippen LogP contribution in [0.25, 0.3) is 0 Å². The second kappa shape index (κ2) is 7.77. The van der Waals surface area contributed by atoms with Gasteiger partial charge in [0.1, 0.15) is 0 Å². The Bertz CT molecular complexity index is 473. The molecule has 1 fully saturated rings. The molecule has 1 saturated heterocycles. The molecule has 1 aliphatic heterocycles. The quantitative estimate of drug-likeness (QED) is 0.847. The fourth-order valence-corrected chi connectivity index (χ4v) is 2.93. The molecule has 22 heavy (non-hydrogen) atoms. The maximum absolute atomic E-state index is 12.0. The minimum Gasteiger partial charge on any atom is -0.356 e. The van der Waals surface area contributed by atoms with Gasteiger partial charge < -0.3 is 10.6 Å². The Kier molecular flexibility index (Phi) is 6.01. The number of piperidine rings is 1. The molecule has 2 N–H and O–H groups in total. The van der Waals surface area contributed by atoms with Crippen LogP contribution in [-0.2, 0) is 11.2 Å². The second-order valence-corrected chi connectivity index (χ2v) is 7.23. The number of nitrogens with one attached hydrogen (secondary N) is 2. The van der Waals surface area contributed by atoms with Crippen LogP contribution in [0.5, 0.6) is 0 Å². The topological polar surface area (TPSA) is 41.1 Å². The fourth-order valence-electron chi connectivity index (χ4n) is 2.93. The molecule has 0 unspecified atom stereocenters. The molecule has 0 saturated carbocycles. The number of hydrogen-bond donors (Lipinski definition) is 2. The van der Waals surface area contributed by atoms with Crippen LogP contribution in [0.15, 0.2) is 24.3 Å². The molecule has 1 aliphatic rings. The summed E-state index contributed by atoms with van der Waals surface area (Å²) >= 11 is 0. The first-order chi connectivity index (χ1) is 10.5. The molecule has 0 bridgehead atoms. The Hall–Kier alpha value is -1.35. The average molecular weight is 302 g/mol. The number of benzene rings is 1. The van der Waals surface area contributed by atoms with E-state index in [-0.39, 0.29) is 11.3 Å². The van der Waals surface area contributed by atoms with Crippen LogP contribution in [-0.4, -0.2) is 25.5 Å². The van der Waals surface area contributed by atoms with E-state index >= 15 is 0 Å². The van der Waals surface area contributed by atoms with Crippen LogP contribution >= 0.6 is 0 Å². The number of hydrogen-bond acceptors (Lipinski definition) is 2. The second-order valence-electron chi connectivity index (χ2n) is 7.23. The van der Waals surface area contributed by atoms with E-state index in [0.717, 1.165) is 38.9 Å². The van der Waals surface area contributed by atoms with Gasteiger partial charge in [-0.3, -0.25) is 4.79 Å². The summed E-state index contributed by atoms with van der Waals surface area (Å²) in [7, 11) is 0. The highest BCUT2D eigenvalue weighted by molar-refractivity contribution is 5.76. The SMILES string of the molecule is CC(C)c1ccc(CCC(=O)NCC2(C)CCNCC2)cc1. The average Bonchev–Trinajstić information content (AvgIpc) is 2.52. The third-order valence-electron chi connectivity index (χ3n) is 4.81. The molecule has 0 spiro atoms. The Morgan fingerprint density at radius 1 is 1.23 bits per heavy atom. The van der Waals surface area contributed by atoms with E-state index in [1.807, 2.05) is 0 Å². The van der Waals surface area contributed by atoms with Crippen molar-refractivity contribution in [1.82, 2.24) is 10.6 Å². The predicted octanol–water partition coefficient (Wildman–Crippen LogP) is 3.25. The molecule has 0 aliphatic carbocycles. The first-order valence-electron chi connectivity index (χ1n) is 8.55. The van der Waals surface area contributed by atoms with Gasteiger partial charge in [-0.15, -0.1) is 0 Å². The first kappa shape index (κ1) is 17.0. The first-order valence-corrected chi connectivity index (χ1v) is 8.55. The lowest BCUT2D eigenvalue weighted by Gasteiger charge is -2.34. The molecule has 122 valence electrons. The van der Waals surface area contributed by atoms with Crippen molar-refractivity contribution in [3.05, 3.63) is 35.4 Å². The van der Waals surface area contributed by atoms with Gasteiger partial charge in [0.15, 0.2) is 0 Å². The molecule has 1 aromatic carbocycles. The Morgan fingerprint density at radius 2 is 1.86 bits per heavy atom. The molecular weight excluding hydrogens is 272 g/mol. The van der Waals surface area contributed by atoms with E-state index in [2.05, 4.69) is 55.7 Å². The van der Waals surface area contributed by atoms with Gasteiger partial charge in [0.05, 0.1) is 0 Å². The van der Waals surface area contributed by atoms with Gasteiger partial charge in [-0.05, 0) is 54.8 Å². The van der Waals surface area contributed by atoms with Crippen molar-refractivity contribution >= 4 is 5.91 Å². The van der Waals surface area contributed by atoms with Crippen LogP contribution in [0.2, 0.25) is 0 Å². The predicted molar refractivity (Wildman–Crippen MR) is 92.1 cm³/mol. The summed E-state index contributed by atoms with van der Waals surface area (Å²) in [4.78, 5) is 12.0. The standard InChI is InChI=1S/C19H30N2O/c1-15(2)17-7-4-16(5-8-17)6-9-18(22)21-14-19(3)10-12-20-13-11-19/h4-5,7-8,15,20H,6,9-14H2,1-3H3,(H,21,22). The fraction of sp³-hybridized carbons (Fsp3) is 0.632. The summed E-state index contributed by atoms with van der Waals surface area (Å²) in [5.74, 6) is 0.732. The highest BCUT2D eigenvalue weighted by Gasteiger charge is 2.26. The van der Waals surface area contributed by atoms with E-state index < -0.39 is 0 Å². The monoisotopic (exact) mass is 302 g/mol. The smallest absolute Gasteiger partial charge is 0.220 e. The Balaban J connectivity index is 1.73. The summed E-state index contributed by atoms with van der Waals surface area (Å²) in [5.41, 5.74) is 2.86. The van der Waals surface area contributed by atoms with Gasteiger partial charge in [0.2, 0.25) is 5.91 Å². The molecule has 0 atom stereocenters. The maximum atomic E-state index is 12.0. The summed E-state index contributed by atoms with van der Waals surface area (Å²) in [5, 5.41) is 6.50. The summed E-state index contributed by atoms with van der Waals surface area (Å²) in [6.07, 6.45) is 3.69. The lowest BCUT2D eigenvalue weighted by atomic mass is 9.81. The zero-order chi connectivity index (χ0) is 16.0. The van der Waals surface area contributed by atoms with E-state index in [1.54, 1.807) is 0 Å². The van der Waals surface area contributed by atoms with Crippen molar-refractivity contribution in [3.8, 4) is 0 Å². The molecule has 2 rings (SSSR count). The van der Waals surface area contributed by atoms with Crippen molar-refractivity contribution in [2.45, 2.75) is 52.4 Å². The van der Waals surface area contributed by atoms with Crippen LogP contribution < -0.4 is 10.6 Å².